The van der Waals surface area contributed by atoms with Crippen LogP contribution in [0.2, 0.25) is 0 Å². The average molecular weight is 466 g/mol. The lowest BCUT2D eigenvalue weighted by molar-refractivity contribution is -0.137. The van der Waals surface area contributed by atoms with Crippen LogP contribution in [0.5, 0.6) is 5.75 Å². The fraction of sp³-hybridized carbons (Fsp3) is 0.235. The maximum absolute atomic E-state index is 12.6. The van der Waals surface area contributed by atoms with Crippen molar-refractivity contribution in [2.45, 2.75) is 22.8 Å². The first-order valence-electron chi connectivity index (χ1n) is 6.90. The number of hydrogen-bond acceptors (Lipinski definition) is 2. The maximum Gasteiger partial charge on any atom is 0.416 e. The third kappa shape index (κ3) is 4.19. The number of carbonyl (C=O) groups is 1. The molecule has 0 aliphatic carbocycles. The van der Waals surface area contributed by atoms with E-state index in [-0.39, 0.29) is 17.1 Å². The Kier molecular flexibility index (Phi) is 5.75. The summed E-state index contributed by atoms with van der Waals surface area (Å²) in [6.45, 7) is 1.79. The predicted molar refractivity (Wildman–Crippen MR) is 93.0 cm³/mol. The van der Waals surface area contributed by atoms with Gasteiger partial charge in [-0.15, -0.1) is 0 Å². The van der Waals surface area contributed by atoms with Crippen molar-refractivity contribution in [1.29, 1.82) is 0 Å². The molecule has 0 aliphatic heterocycles. The zero-order valence-electron chi connectivity index (χ0n) is 12.4. The third-order valence-corrected chi connectivity index (χ3v) is 6.19. The molecular formula is C17H13Br2F3O2. The largest absolute Gasteiger partial charge is 0.507 e. The first-order chi connectivity index (χ1) is 11.1. The van der Waals surface area contributed by atoms with Crippen molar-refractivity contribution in [2.75, 3.05) is 0 Å². The van der Waals surface area contributed by atoms with Crippen molar-refractivity contribution in [3.8, 4) is 5.75 Å². The molecule has 2 rings (SSSR count). The molecule has 0 heterocycles. The number of halogens is 5. The number of carbonyl (C=O) groups excluding carboxylic acids is 1. The van der Waals surface area contributed by atoms with Gasteiger partial charge in [0.05, 0.1) is 20.8 Å². The predicted octanol–water partition coefficient (Wildman–Crippen LogP) is 5.80. The van der Waals surface area contributed by atoms with Gasteiger partial charge in [0.1, 0.15) is 5.75 Å². The van der Waals surface area contributed by atoms with E-state index in [0.717, 1.165) is 17.7 Å². The quantitative estimate of drug-likeness (QED) is 0.457. The number of rotatable bonds is 4. The Labute approximate surface area is 154 Å². The Morgan fingerprint density at radius 2 is 1.67 bits per heavy atom. The van der Waals surface area contributed by atoms with E-state index >= 15 is 0 Å². The van der Waals surface area contributed by atoms with Crippen LogP contribution in [0.15, 0.2) is 42.5 Å². The van der Waals surface area contributed by atoms with E-state index < -0.39 is 21.4 Å². The summed E-state index contributed by atoms with van der Waals surface area (Å²) < 4.78 is 37.8. The van der Waals surface area contributed by atoms with Crippen LogP contribution in [0.4, 0.5) is 13.2 Å². The summed E-state index contributed by atoms with van der Waals surface area (Å²) >= 11 is 6.61. The van der Waals surface area contributed by atoms with Gasteiger partial charge >= 0.3 is 6.18 Å². The van der Waals surface area contributed by atoms with Crippen molar-refractivity contribution in [1.82, 2.24) is 0 Å². The van der Waals surface area contributed by atoms with E-state index in [1.54, 1.807) is 19.1 Å². The highest BCUT2D eigenvalue weighted by atomic mass is 79.9. The summed E-state index contributed by atoms with van der Waals surface area (Å²) in [7, 11) is 0. The van der Waals surface area contributed by atoms with E-state index in [1.165, 1.54) is 18.2 Å². The third-order valence-electron chi connectivity index (χ3n) is 3.48. The molecule has 2 atom stereocenters. The molecule has 2 nitrogen and oxygen atoms in total. The highest BCUT2D eigenvalue weighted by Crippen LogP contribution is 2.36. The molecule has 2 aromatic carbocycles. The van der Waals surface area contributed by atoms with Gasteiger partial charge in [-0.3, -0.25) is 4.79 Å². The molecule has 0 saturated heterocycles. The van der Waals surface area contributed by atoms with E-state index in [2.05, 4.69) is 31.9 Å². The number of benzene rings is 2. The van der Waals surface area contributed by atoms with Gasteiger partial charge < -0.3 is 5.11 Å². The van der Waals surface area contributed by atoms with Crippen LogP contribution in [-0.2, 0) is 6.18 Å². The Hall–Kier alpha value is -1.34. The van der Waals surface area contributed by atoms with Crippen LogP contribution in [-0.4, -0.2) is 15.7 Å². The van der Waals surface area contributed by atoms with Crippen molar-refractivity contribution in [3.63, 3.8) is 0 Å². The van der Waals surface area contributed by atoms with Gasteiger partial charge in [0.25, 0.3) is 0 Å². The first kappa shape index (κ1) is 19.0. The fourth-order valence-corrected chi connectivity index (χ4v) is 3.25. The number of ketones is 1. The van der Waals surface area contributed by atoms with Crippen LogP contribution >= 0.6 is 31.9 Å². The van der Waals surface area contributed by atoms with Crippen molar-refractivity contribution < 1.29 is 23.1 Å². The van der Waals surface area contributed by atoms with Gasteiger partial charge in [0.2, 0.25) is 0 Å². The Bertz CT molecular complexity index is 742. The van der Waals surface area contributed by atoms with Crippen LogP contribution in [0.1, 0.15) is 31.9 Å². The molecule has 0 amide bonds. The molecule has 0 saturated carbocycles. The summed E-state index contributed by atoms with van der Waals surface area (Å²) in [4.78, 5) is 11.2. The zero-order chi connectivity index (χ0) is 18.1. The molecular weight excluding hydrogens is 453 g/mol. The van der Waals surface area contributed by atoms with Crippen molar-refractivity contribution >= 4 is 37.6 Å². The molecule has 0 spiro atoms. The summed E-state index contributed by atoms with van der Waals surface area (Å²) in [6, 6.07) is 9.26. The van der Waals surface area contributed by atoms with Crippen LogP contribution in [0.3, 0.4) is 0 Å². The Morgan fingerprint density at radius 1 is 1.08 bits per heavy atom. The van der Waals surface area contributed by atoms with Gasteiger partial charge in [-0.25, -0.2) is 0 Å². The highest BCUT2D eigenvalue weighted by Gasteiger charge is 2.32. The number of aryl methyl sites for hydroxylation is 1. The van der Waals surface area contributed by atoms with E-state index in [4.69, 9.17) is 0 Å². The molecule has 24 heavy (non-hydrogen) atoms. The summed E-state index contributed by atoms with van der Waals surface area (Å²) in [5.41, 5.74) is 0.745. The molecule has 128 valence electrons. The summed E-state index contributed by atoms with van der Waals surface area (Å²) in [5, 5.41) is 9.85. The van der Waals surface area contributed by atoms with Gasteiger partial charge in [-0.05, 0) is 36.8 Å². The van der Waals surface area contributed by atoms with Gasteiger partial charge in [0.15, 0.2) is 5.78 Å². The number of phenols is 1. The SMILES string of the molecule is Cc1ccc(O)c(C(=O)C(Br)C(Br)c2ccc(C(F)(F)F)cc2)c1. The minimum Gasteiger partial charge on any atom is -0.507 e. The van der Waals surface area contributed by atoms with Crippen LogP contribution in [0, 0.1) is 6.92 Å². The number of aromatic hydroxyl groups is 1. The first-order valence-corrected chi connectivity index (χ1v) is 8.73. The second-order valence-electron chi connectivity index (χ2n) is 5.31. The van der Waals surface area contributed by atoms with Crippen LogP contribution in [0.25, 0.3) is 0 Å². The Balaban J connectivity index is 2.24. The number of hydrogen-bond donors (Lipinski definition) is 1. The number of Topliss-reactive ketones (excluding diaryl/α,β-unsaturated/α-hetero) is 1. The molecule has 0 aromatic heterocycles. The lowest BCUT2D eigenvalue weighted by Gasteiger charge is -2.18. The standard InChI is InChI=1S/C17H13Br2F3O2/c1-9-2-7-13(23)12(8-9)16(24)15(19)14(18)10-3-5-11(6-4-10)17(20,21)22/h2-8,14-15,23H,1H3. The molecule has 0 bridgehead atoms. The molecule has 2 unspecified atom stereocenters. The monoisotopic (exact) mass is 464 g/mol. The van der Waals surface area contributed by atoms with Gasteiger partial charge in [-0.1, -0.05) is 55.6 Å². The van der Waals surface area contributed by atoms with E-state index in [9.17, 15) is 23.1 Å². The van der Waals surface area contributed by atoms with Crippen LogP contribution < -0.4 is 0 Å². The second-order valence-corrected chi connectivity index (χ2v) is 7.28. The summed E-state index contributed by atoms with van der Waals surface area (Å²) in [5.74, 6) is -0.500. The lowest BCUT2D eigenvalue weighted by atomic mass is 9.99. The van der Waals surface area contributed by atoms with Gasteiger partial charge in [0, 0.05) is 0 Å². The minimum atomic E-state index is -4.41. The molecule has 1 N–H and O–H groups in total. The second kappa shape index (κ2) is 7.27. The average Bonchev–Trinajstić information content (AvgIpc) is 2.54. The van der Waals surface area contributed by atoms with E-state index in [1.807, 2.05) is 0 Å². The number of phenolic OH excluding ortho intramolecular Hbond substituents is 1. The highest BCUT2D eigenvalue weighted by molar-refractivity contribution is 9.12. The Morgan fingerprint density at radius 3 is 2.21 bits per heavy atom. The number of alkyl halides is 5. The molecule has 7 heteroatoms. The zero-order valence-corrected chi connectivity index (χ0v) is 15.6. The fourth-order valence-electron chi connectivity index (χ4n) is 2.15. The normalized spacial score (nSPS) is 14.2. The molecule has 0 fully saturated rings. The topological polar surface area (TPSA) is 37.3 Å². The maximum atomic E-state index is 12.6. The molecule has 0 radical (unpaired) electrons. The smallest absolute Gasteiger partial charge is 0.416 e. The molecule has 0 aliphatic rings. The van der Waals surface area contributed by atoms with Gasteiger partial charge in [-0.2, -0.15) is 13.2 Å². The molecule has 2 aromatic rings. The minimum absolute atomic E-state index is 0.137. The van der Waals surface area contributed by atoms with Crippen molar-refractivity contribution in [3.05, 3.63) is 64.7 Å². The summed E-state index contributed by atoms with van der Waals surface area (Å²) in [6.07, 6.45) is -4.41. The lowest BCUT2D eigenvalue weighted by Crippen LogP contribution is -2.19. The van der Waals surface area contributed by atoms with Crippen molar-refractivity contribution in [2.24, 2.45) is 0 Å². The van der Waals surface area contributed by atoms with E-state index in [0.29, 0.717) is 5.56 Å².